The summed E-state index contributed by atoms with van der Waals surface area (Å²) in [5, 5.41) is 11.3. The van der Waals surface area contributed by atoms with Gasteiger partial charge in [-0.25, -0.2) is 4.79 Å². The molecule has 5 nitrogen and oxygen atoms in total. The van der Waals surface area contributed by atoms with Crippen LogP contribution in [-0.4, -0.2) is 29.6 Å². The van der Waals surface area contributed by atoms with Gasteiger partial charge in [-0.2, -0.15) is 0 Å². The van der Waals surface area contributed by atoms with Crippen LogP contribution in [-0.2, 0) is 9.59 Å². The largest absolute Gasteiger partial charge is 0.480 e. The first-order chi connectivity index (χ1) is 6.29. The summed E-state index contributed by atoms with van der Waals surface area (Å²) >= 11 is 0. The van der Waals surface area contributed by atoms with E-state index in [1.807, 2.05) is 0 Å². The van der Waals surface area contributed by atoms with Gasteiger partial charge in [-0.05, 0) is 5.41 Å². The number of carboxylic acid groups (broad SMARTS) is 1. The molecular formula is C9H18N2O3. The molecule has 0 aromatic heterocycles. The van der Waals surface area contributed by atoms with Gasteiger partial charge < -0.3 is 16.2 Å². The quantitative estimate of drug-likeness (QED) is 0.596. The molecule has 82 valence electrons. The van der Waals surface area contributed by atoms with Crippen LogP contribution in [0.1, 0.15) is 27.2 Å². The molecule has 5 heteroatoms. The van der Waals surface area contributed by atoms with E-state index in [0.29, 0.717) is 0 Å². The van der Waals surface area contributed by atoms with Crippen molar-refractivity contribution in [3.05, 3.63) is 0 Å². The van der Waals surface area contributed by atoms with E-state index in [4.69, 9.17) is 10.8 Å². The summed E-state index contributed by atoms with van der Waals surface area (Å²) < 4.78 is 0. The Hall–Kier alpha value is -1.10. The summed E-state index contributed by atoms with van der Waals surface area (Å²) in [6.45, 7) is 5.50. The average Bonchev–Trinajstić information content (AvgIpc) is 1.98. The molecule has 1 atom stereocenters. The van der Waals surface area contributed by atoms with Crippen LogP contribution >= 0.6 is 0 Å². The number of carbonyl (C=O) groups excluding carboxylic acids is 1. The Morgan fingerprint density at radius 1 is 1.43 bits per heavy atom. The van der Waals surface area contributed by atoms with Gasteiger partial charge in [-0.15, -0.1) is 0 Å². The molecule has 0 saturated carbocycles. The molecule has 0 aliphatic heterocycles. The van der Waals surface area contributed by atoms with Crippen LogP contribution in [0.5, 0.6) is 0 Å². The first kappa shape index (κ1) is 12.9. The highest BCUT2D eigenvalue weighted by Crippen LogP contribution is 2.19. The molecule has 0 aliphatic carbocycles. The van der Waals surface area contributed by atoms with Crippen molar-refractivity contribution >= 4 is 11.9 Å². The zero-order valence-corrected chi connectivity index (χ0v) is 8.83. The molecule has 0 radical (unpaired) electrons. The van der Waals surface area contributed by atoms with Crippen LogP contribution < -0.4 is 11.1 Å². The number of rotatable bonds is 4. The van der Waals surface area contributed by atoms with Gasteiger partial charge in [-0.1, -0.05) is 20.8 Å². The van der Waals surface area contributed by atoms with Crippen molar-refractivity contribution in [3.8, 4) is 0 Å². The van der Waals surface area contributed by atoms with Gasteiger partial charge in [0.15, 0.2) is 0 Å². The molecule has 0 spiro atoms. The summed E-state index contributed by atoms with van der Waals surface area (Å²) in [4.78, 5) is 22.0. The number of aliphatic carboxylic acids is 1. The molecule has 1 amide bonds. The number of nitrogens with one attached hydrogen (secondary N) is 1. The van der Waals surface area contributed by atoms with Crippen molar-refractivity contribution in [3.63, 3.8) is 0 Å². The number of nitrogens with two attached hydrogens (primary N) is 1. The fourth-order valence-corrected chi connectivity index (χ4v) is 1.01. The van der Waals surface area contributed by atoms with E-state index in [1.165, 1.54) is 0 Å². The normalized spacial score (nSPS) is 13.4. The predicted molar refractivity (Wildman–Crippen MR) is 52.7 cm³/mol. The highest BCUT2D eigenvalue weighted by Gasteiger charge is 2.32. The lowest BCUT2D eigenvalue weighted by atomic mass is 9.86. The van der Waals surface area contributed by atoms with Gasteiger partial charge in [-0.3, -0.25) is 4.79 Å². The van der Waals surface area contributed by atoms with E-state index in [0.717, 1.165) is 0 Å². The topological polar surface area (TPSA) is 92.4 Å². The lowest BCUT2D eigenvalue weighted by Crippen LogP contribution is -2.49. The molecule has 0 aromatic rings. The van der Waals surface area contributed by atoms with E-state index in [1.54, 1.807) is 20.8 Å². The number of hydrogen-bond donors (Lipinski definition) is 3. The summed E-state index contributed by atoms with van der Waals surface area (Å²) in [5.74, 6) is -1.35. The van der Waals surface area contributed by atoms with Crippen molar-refractivity contribution in [2.45, 2.75) is 33.2 Å². The Morgan fingerprint density at radius 3 is 2.21 bits per heavy atom. The van der Waals surface area contributed by atoms with Gasteiger partial charge in [0, 0.05) is 13.0 Å². The number of carboxylic acids is 1. The maximum Gasteiger partial charge on any atom is 0.326 e. The van der Waals surface area contributed by atoms with Gasteiger partial charge in [0.2, 0.25) is 5.91 Å². The van der Waals surface area contributed by atoms with Crippen molar-refractivity contribution in [1.29, 1.82) is 0 Å². The van der Waals surface area contributed by atoms with Gasteiger partial charge >= 0.3 is 5.97 Å². The van der Waals surface area contributed by atoms with Gasteiger partial charge in [0.05, 0.1) is 0 Å². The molecule has 14 heavy (non-hydrogen) atoms. The monoisotopic (exact) mass is 202 g/mol. The molecule has 0 aliphatic rings. The highest BCUT2D eigenvalue weighted by molar-refractivity contribution is 5.84. The maximum atomic E-state index is 11.2. The average molecular weight is 202 g/mol. The van der Waals surface area contributed by atoms with E-state index >= 15 is 0 Å². The lowest BCUT2D eigenvalue weighted by molar-refractivity contribution is -0.144. The minimum atomic E-state index is -1.03. The third-order valence-corrected chi connectivity index (χ3v) is 1.79. The third kappa shape index (κ3) is 4.23. The van der Waals surface area contributed by atoms with E-state index < -0.39 is 17.4 Å². The standard InChI is InChI=1S/C9H18N2O3/c1-9(2,3)7(8(13)14)11-6(12)4-5-10/h7H,4-5,10H2,1-3H3,(H,11,12)(H,13,14). The van der Waals surface area contributed by atoms with Crippen LogP contribution in [0.3, 0.4) is 0 Å². The van der Waals surface area contributed by atoms with Gasteiger partial charge in [0.25, 0.3) is 0 Å². The molecule has 0 rings (SSSR count). The molecule has 0 heterocycles. The van der Waals surface area contributed by atoms with E-state index in [-0.39, 0.29) is 18.9 Å². The summed E-state index contributed by atoms with van der Waals surface area (Å²) in [5.41, 5.74) is 4.68. The molecule has 1 unspecified atom stereocenters. The van der Waals surface area contributed by atoms with E-state index in [9.17, 15) is 9.59 Å². The molecular weight excluding hydrogens is 184 g/mol. The number of hydrogen-bond acceptors (Lipinski definition) is 3. The van der Waals surface area contributed by atoms with Crippen molar-refractivity contribution in [1.82, 2.24) is 5.32 Å². The van der Waals surface area contributed by atoms with Crippen LogP contribution in [0.15, 0.2) is 0 Å². The Bertz CT molecular complexity index is 221. The summed E-state index contributed by atoms with van der Waals surface area (Å²) in [6, 6.07) is -0.874. The summed E-state index contributed by atoms with van der Waals surface area (Å²) in [7, 11) is 0. The molecule has 0 bridgehead atoms. The maximum absolute atomic E-state index is 11.2. The molecule has 0 aromatic carbocycles. The summed E-state index contributed by atoms with van der Waals surface area (Å²) in [6.07, 6.45) is 0.153. The first-order valence-corrected chi connectivity index (χ1v) is 4.51. The van der Waals surface area contributed by atoms with Crippen LogP contribution in [0, 0.1) is 5.41 Å². The van der Waals surface area contributed by atoms with Crippen molar-refractivity contribution in [2.75, 3.05) is 6.54 Å². The third-order valence-electron chi connectivity index (χ3n) is 1.79. The second-order valence-corrected chi connectivity index (χ2v) is 4.24. The minimum Gasteiger partial charge on any atom is -0.480 e. The van der Waals surface area contributed by atoms with E-state index in [2.05, 4.69) is 5.32 Å². The fraction of sp³-hybridized carbons (Fsp3) is 0.778. The van der Waals surface area contributed by atoms with Crippen LogP contribution in [0.25, 0.3) is 0 Å². The Balaban J connectivity index is 4.40. The molecule has 4 N–H and O–H groups in total. The second kappa shape index (κ2) is 4.95. The fourth-order valence-electron chi connectivity index (χ4n) is 1.01. The Morgan fingerprint density at radius 2 is 1.93 bits per heavy atom. The minimum absolute atomic E-state index is 0.153. The van der Waals surface area contributed by atoms with Crippen molar-refractivity contribution < 1.29 is 14.7 Å². The molecule has 0 saturated heterocycles. The number of amides is 1. The zero-order chi connectivity index (χ0) is 11.4. The number of carbonyl (C=O) groups is 2. The van der Waals surface area contributed by atoms with Crippen LogP contribution in [0.2, 0.25) is 0 Å². The van der Waals surface area contributed by atoms with Crippen LogP contribution in [0.4, 0.5) is 0 Å². The highest BCUT2D eigenvalue weighted by atomic mass is 16.4. The Labute approximate surface area is 83.7 Å². The predicted octanol–water partition coefficient (Wildman–Crippen LogP) is -0.0493. The zero-order valence-electron chi connectivity index (χ0n) is 8.83. The first-order valence-electron chi connectivity index (χ1n) is 4.51. The van der Waals surface area contributed by atoms with Gasteiger partial charge in [0.1, 0.15) is 6.04 Å². The second-order valence-electron chi connectivity index (χ2n) is 4.24. The SMILES string of the molecule is CC(C)(C)C(NC(=O)CCN)C(=O)O. The lowest BCUT2D eigenvalue weighted by Gasteiger charge is -2.27. The Kier molecular flexibility index (Phi) is 4.56. The molecule has 0 fully saturated rings. The van der Waals surface area contributed by atoms with Crippen molar-refractivity contribution in [2.24, 2.45) is 11.1 Å². The smallest absolute Gasteiger partial charge is 0.326 e.